The molecule has 0 unspecified atom stereocenters. The molecule has 6 nitrogen and oxygen atoms in total. The van der Waals surface area contributed by atoms with Gasteiger partial charge in [-0.05, 0) is 12.1 Å². The SMILES string of the molecule is O=S1(=O)N=CNc2ccc(-c3nccnc3Cl)cc21. The van der Waals surface area contributed by atoms with Crippen molar-refractivity contribution in [1.29, 1.82) is 0 Å². The number of anilines is 1. The van der Waals surface area contributed by atoms with Crippen LogP contribution < -0.4 is 5.32 Å². The molecule has 0 aliphatic carbocycles. The molecule has 0 radical (unpaired) electrons. The van der Waals surface area contributed by atoms with Gasteiger partial charge in [0.1, 0.15) is 16.9 Å². The average molecular weight is 295 g/mol. The van der Waals surface area contributed by atoms with Gasteiger partial charge in [-0.2, -0.15) is 8.42 Å². The molecule has 1 aromatic heterocycles. The number of aromatic nitrogens is 2. The third kappa shape index (κ3) is 2.06. The van der Waals surface area contributed by atoms with E-state index in [0.29, 0.717) is 16.9 Å². The summed E-state index contributed by atoms with van der Waals surface area (Å²) < 4.78 is 27.1. The first-order valence-corrected chi connectivity index (χ1v) is 7.06. The lowest BCUT2D eigenvalue weighted by Gasteiger charge is -2.13. The maximum atomic E-state index is 11.8. The highest BCUT2D eigenvalue weighted by Crippen LogP contribution is 2.32. The Bertz CT molecular complexity index is 789. The number of hydrogen-bond donors (Lipinski definition) is 1. The van der Waals surface area contributed by atoms with E-state index >= 15 is 0 Å². The standard InChI is InChI=1S/C11H7ClN4O2S/c12-11-10(13-3-4-14-11)7-1-2-8-9(5-7)19(17,18)16-6-15-8/h1-6H,(H,15,16). The van der Waals surface area contributed by atoms with E-state index in [-0.39, 0.29) is 10.0 Å². The fraction of sp³-hybridized carbons (Fsp3) is 0. The third-order valence-corrected chi connectivity index (χ3v) is 4.15. The number of benzene rings is 1. The van der Waals surface area contributed by atoms with Gasteiger partial charge >= 0.3 is 0 Å². The quantitative estimate of drug-likeness (QED) is 0.869. The number of rotatable bonds is 1. The van der Waals surface area contributed by atoms with Crippen molar-refractivity contribution in [3.8, 4) is 11.3 Å². The number of halogens is 1. The molecule has 19 heavy (non-hydrogen) atoms. The van der Waals surface area contributed by atoms with Gasteiger partial charge in [0.25, 0.3) is 10.0 Å². The normalized spacial score (nSPS) is 15.6. The topological polar surface area (TPSA) is 84.3 Å². The summed E-state index contributed by atoms with van der Waals surface area (Å²) in [5.74, 6) is 0. The molecule has 0 saturated carbocycles. The zero-order chi connectivity index (χ0) is 13.5. The molecular weight excluding hydrogens is 288 g/mol. The largest absolute Gasteiger partial charge is 0.345 e. The van der Waals surface area contributed by atoms with Crippen LogP contribution in [0.5, 0.6) is 0 Å². The Labute approximate surface area is 114 Å². The highest BCUT2D eigenvalue weighted by atomic mass is 35.5. The molecule has 0 saturated heterocycles. The number of hydrogen-bond acceptors (Lipinski definition) is 5. The van der Waals surface area contributed by atoms with Gasteiger partial charge in [0.2, 0.25) is 0 Å². The summed E-state index contributed by atoms with van der Waals surface area (Å²) >= 11 is 5.94. The highest BCUT2D eigenvalue weighted by Gasteiger charge is 2.22. The molecule has 1 aromatic carbocycles. The van der Waals surface area contributed by atoms with Gasteiger partial charge in [-0.25, -0.2) is 4.98 Å². The number of sulfonamides is 1. The first-order valence-electron chi connectivity index (χ1n) is 5.24. The van der Waals surface area contributed by atoms with Crippen LogP contribution in [-0.2, 0) is 10.0 Å². The third-order valence-electron chi connectivity index (χ3n) is 2.60. The molecule has 2 aromatic rings. The maximum Gasteiger partial charge on any atom is 0.285 e. The Morgan fingerprint density at radius 2 is 1.95 bits per heavy atom. The van der Waals surface area contributed by atoms with E-state index in [1.54, 1.807) is 12.1 Å². The van der Waals surface area contributed by atoms with E-state index in [9.17, 15) is 8.42 Å². The van der Waals surface area contributed by atoms with Gasteiger partial charge in [0, 0.05) is 18.0 Å². The first-order chi connectivity index (χ1) is 9.08. The molecule has 0 fully saturated rings. The Balaban J connectivity index is 2.21. The molecule has 1 N–H and O–H groups in total. The van der Waals surface area contributed by atoms with Gasteiger partial charge in [-0.1, -0.05) is 17.7 Å². The zero-order valence-electron chi connectivity index (χ0n) is 9.41. The van der Waals surface area contributed by atoms with Crippen LogP contribution in [0.2, 0.25) is 5.15 Å². The van der Waals surface area contributed by atoms with E-state index in [1.807, 2.05) is 0 Å². The smallest absolute Gasteiger partial charge is 0.285 e. The van der Waals surface area contributed by atoms with E-state index in [4.69, 9.17) is 11.6 Å². The minimum Gasteiger partial charge on any atom is -0.345 e. The second-order valence-corrected chi connectivity index (χ2v) is 5.72. The van der Waals surface area contributed by atoms with Gasteiger partial charge in [0.05, 0.1) is 5.69 Å². The molecular formula is C11H7ClN4O2S. The van der Waals surface area contributed by atoms with Crippen LogP contribution in [0.25, 0.3) is 11.3 Å². The van der Waals surface area contributed by atoms with Crippen LogP contribution in [0.4, 0.5) is 5.69 Å². The summed E-state index contributed by atoms with van der Waals surface area (Å²) in [7, 11) is -3.67. The van der Waals surface area contributed by atoms with Crippen molar-refractivity contribution in [2.24, 2.45) is 4.40 Å². The summed E-state index contributed by atoms with van der Waals surface area (Å²) in [6, 6.07) is 4.83. The Morgan fingerprint density at radius 1 is 1.16 bits per heavy atom. The molecule has 1 aliphatic heterocycles. The monoisotopic (exact) mass is 294 g/mol. The minimum absolute atomic E-state index is 0.0919. The van der Waals surface area contributed by atoms with Crippen molar-refractivity contribution in [2.75, 3.05) is 5.32 Å². The number of nitrogens with zero attached hydrogens (tertiary/aromatic N) is 3. The second kappa shape index (κ2) is 4.29. The van der Waals surface area contributed by atoms with E-state index < -0.39 is 10.0 Å². The molecule has 0 amide bonds. The Hall–Kier alpha value is -1.99. The van der Waals surface area contributed by atoms with Crippen LogP contribution in [0.15, 0.2) is 39.9 Å². The van der Waals surface area contributed by atoms with Gasteiger partial charge in [-0.15, -0.1) is 4.40 Å². The Kier molecular flexibility index (Phi) is 2.72. The van der Waals surface area contributed by atoms with Crippen LogP contribution in [0.3, 0.4) is 0 Å². The van der Waals surface area contributed by atoms with Crippen molar-refractivity contribution in [3.63, 3.8) is 0 Å². The molecule has 96 valence electrons. The average Bonchev–Trinajstić information content (AvgIpc) is 2.39. The van der Waals surface area contributed by atoms with Gasteiger partial charge < -0.3 is 5.32 Å². The lowest BCUT2D eigenvalue weighted by Crippen LogP contribution is -2.11. The predicted molar refractivity (Wildman–Crippen MR) is 71.8 cm³/mol. The Morgan fingerprint density at radius 3 is 2.74 bits per heavy atom. The summed E-state index contributed by atoms with van der Waals surface area (Å²) in [4.78, 5) is 8.10. The molecule has 0 spiro atoms. The van der Waals surface area contributed by atoms with Gasteiger partial charge in [-0.3, -0.25) is 4.98 Å². The zero-order valence-corrected chi connectivity index (χ0v) is 11.0. The predicted octanol–water partition coefficient (Wildman–Crippen LogP) is 1.94. The highest BCUT2D eigenvalue weighted by molar-refractivity contribution is 7.90. The second-order valence-electron chi connectivity index (χ2n) is 3.76. The lowest BCUT2D eigenvalue weighted by atomic mass is 10.1. The molecule has 1 aliphatic rings. The summed E-state index contributed by atoms with van der Waals surface area (Å²) in [6.45, 7) is 0. The van der Waals surface area contributed by atoms with Crippen LogP contribution in [-0.4, -0.2) is 24.7 Å². The van der Waals surface area contributed by atoms with Crippen molar-refractivity contribution >= 4 is 33.7 Å². The summed E-state index contributed by atoms with van der Waals surface area (Å²) in [6.07, 6.45) is 4.10. The van der Waals surface area contributed by atoms with Crippen molar-refractivity contribution in [3.05, 3.63) is 35.7 Å². The minimum atomic E-state index is -3.67. The van der Waals surface area contributed by atoms with Crippen molar-refractivity contribution in [2.45, 2.75) is 4.90 Å². The van der Waals surface area contributed by atoms with Crippen LogP contribution in [0.1, 0.15) is 0 Å². The fourth-order valence-electron chi connectivity index (χ4n) is 1.74. The summed E-state index contributed by atoms with van der Waals surface area (Å²) in [5, 5.41) is 2.99. The fourth-order valence-corrected chi connectivity index (χ4v) is 2.94. The molecule has 3 rings (SSSR count). The first kappa shape index (κ1) is 12.1. The molecule has 0 bridgehead atoms. The molecule has 0 atom stereocenters. The molecule has 2 heterocycles. The molecule has 8 heteroatoms. The summed E-state index contributed by atoms with van der Waals surface area (Å²) in [5.41, 5.74) is 1.47. The van der Waals surface area contributed by atoms with E-state index in [2.05, 4.69) is 19.7 Å². The lowest BCUT2D eigenvalue weighted by molar-refractivity contribution is 0.598. The number of nitrogens with one attached hydrogen (secondary N) is 1. The van der Waals surface area contributed by atoms with Crippen molar-refractivity contribution < 1.29 is 8.42 Å². The van der Waals surface area contributed by atoms with E-state index in [1.165, 1.54) is 18.5 Å². The van der Waals surface area contributed by atoms with Crippen LogP contribution >= 0.6 is 11.6 Å². The maximum absolute atomic E-state index is 11.8. The van der Waals surface area contributed by atoms with Crippen molar-refractivity contribution in [1.82, 2.24) is 9.97 Å². The number of fused-ring (bicyclic) bond motifs is 1. The van der Waals surface area contributed by atoms with E-state index in [0.717, 1.165) is 6.34 Å². The van der Waals surface area contributed by atoms with Gasteiger partial charge in [0.15, 0.2) is 5.15 Å². The van der Waals surface area contributed by atoms with Crippen LogP contribution in [0, 0.1) is 0 Å².